The molecule has 0 spiro atoms. The average molecular weight is 191 g/mol. The van der Waals surface area contributed by atoms with Crippen LogP contribution in [0.3, 0.4) is 0 Å². The van der Waals surface area contributed by atoms with Crippen molar-refractivity contribution < 1.29 is 4.74 Å². The molecule has 1 unspecified atom stereocenters. The van der Waals surface area contributed by atoms with Crippen LogP contribution in [0.25, 0.3) is 5.76 Å². The largest absolute Gasteiger partial charge is 0.494 e. The topological polar surface area (TPSA) is 35.2 Å². The zero-order valence-electron chi connectivity index (χ0n) is 8.79. The monoisotopic (exact) mass is 191 g/mol. The van der Waals surface area contributed by atoms with Crippen molar-refractivity contribution in [2.75, 3.05) is 6.61 Å². The predicted octanol–water partition coefficient (Wildman–Crippen LogP) is 2.71. The van der Waals surface area contributed by atoms with E-state index in [1.165, 1.54) is 0 Å². The van der Waals surface area contributed by atoms with Crippen LogP contribution in [0.2, 0.25) is 0 Å². The summed E-state index contributed by atoms with van der Waals surface area (Å²) in [4.78, 5) is 0. The standard InChI is InChI=1S/C12H17NO/c1-4-14-10(3)12-8-6-5-7-11(12)9(2)13/h5-9H,3-4,13H2,1-2H3. The maximum Gasteiger partial charge on any atom is 0.119 e. The van der Waals surface area contributed by atoms with Crippen LogP contribution in [-0.2, 0) is 4.74 Å². The smallest absolute Gasteiger partial charge is 0.119 e. The normalized spacial score (nSPS) is 12.2. The van der Waals surface area contributed by atoms with E-state index in [0.29, 0.717) is 12.4 Å². The Morgan fingerprint density at radius 1 is 1.50 bits per heavy atom. The maximum absolute atomic E-state index is 5.85. The molecule has 0 bridgehead atoms. The highest BCUT2D eigenvalue weighted by molar-refractivity contribution is 5.61. The van der Waals surface area contributed by atoms with Crippen LogP contribution in [0.15, 0.2) is 30.8 Å². The zero-order chi connectivity index (χ0) is 10.6. The van der Waals surface area contributed by atoms with Gasteiger partial charge in [0.2, 0.25) is 0 Å². The van der Waals surface area contributed by atoms with Crippen molar-refractivity contribution in [2.45, 2.75) is 19.9 Å². The van der Waals surface area contributed by atoms with Gasteiger partial charge in [0.1, 0.15) is 5.76 Å². The Labute approximate surface area is 85.4 Å². The minimum atomic E-state index is 0.00315. The summed E-state index contributed by atoms with van der Waals surface area (Å²) in [6, 6.07) is 7.93. The molecule has 0 fully saturated rings. The number of ether oxygens (including phenoxy) is 1. The van der Waals surface area contributed by atoms with Crippen LogP contribution in [0.4, 0.5) is 0 Å². The van der Waals surface area contributed by atoms with Gasteiger partial charge in [-0.25, -0.2) is 0 Å². The van der Waals surface area contributed by atoms with Crippen molar-refractivity contribution in [3.63, 3.8) is 0 Å². The summed E-state index contributed by atoms with van der Waals surface area (Å²) < 4.78 is 5.37. The van der Waals surface area contributed by atoms with Crippen LogP contribution >= 0.6 is 0 Å². The number of hydrogen-bond acceptors (Lipinski definition) is 2. The molecule has 2 heteroatoms. The number of benzene rings is 1. The Bertz CT molecular complexity index is 318. The van der Waals surface area contributed by atoms with E-state index in [1.54, 1.807) is 0 Å². The van der Waals surface area contributed by atoms with Gasteiger partial charge in [0, 0.05) is 11.6 Å². The summed E-state index contributed by atoms with van der Waals surface area (Å²) in [5.74, 6) is 0.695. The molecule has 76 valence electrons. The van der Waals surface area contributed by atoms with Crippen molar-refractivity contribution in [1.82, 2.24) is 0 Å². The van der Waals surface area contributed by atoms with E-state index in [-0.39, 0.29) is 6.04 Å². The van der Waals surface area contributed by atoms with Crippen molar-refractivity contribution >= 4 is 5.76 Å². The second-order valence-electron chi connectivity index (χ2n) is 3.23. The summed E-state index contributed by atoms with van der Waals surface area (Å²) in [5, 5.41) is 0. The van der Waals surface area contributed by atoms with Gasteiger partial charge in [-0.3, -0.25) is 0 Å². The molecule has 0 heterocycles. The summed E-state index contributed by atoms with van der Waals surface area (Å²) >= 11 is 0. The van der Waals surface area contributed by atoms with E-state index in [9.17, 15) is 0 Å². The van der Waals surface area contributed by atoms with Gasteiger partial charge in [0.25, 0.3) is 0 Å². The zero-order valence-corrected chi connectivity index (χ0v) is 8.79. The van der Waals surface area contributed by atoms with Crippen LogP contribution < -0.4 is 5.73 Å². The summed E-state index contributed by atoms with van der Waals surface area (Å²) in [7, 11) is 0. The van der Waals surface area contributed by atoms with Gasteiger partial charge in [-0.15, -0.1) is 0 Å². The molecule has 0 amide bonds. The molecular weight excluding hydrogens is 174 g/mol. The summed E-state index contributed by atoms with van der Waals surface area (Å²) in [6.07, 6.45) is 0. The minimum absolute atomic E-state index is 0.00315. The molecule has 2 N–H and O–H groups in total. The second kappa shape index (κ2) is 4.82. The Hall–Kier alpha value is -1.28. The Morgan fingerprint density at radius 3 is 2.71 bits per heavy atom. The van der Waals surface area contributed by atoms with E-state index in [2.05, 4.69) is 6.58 Å². The lowest BCUT2D eigenvalue weighted by Gasteiger charge is -2.14. The first-order chi connectivity index (χ1) is 6.66. The van der Waals surface area contributed by atoms with Crippen LogP contribution in [0.5, 0.6) is 0 Å². The molecule has 1 aromatic carbocycles. The molecule has 14 heavy (non-hydrogen) atoms. The first kappa shape index (κ1) is 10.8. The molecule has 2 nitrogen and oxygen atoms in total. The lowest BCUT2D eigenvalue weighted by molar-refractivity contribution is 0.298. The Kier molecular flexibility index (Phi) is 3.72. The quantitative estimate of drug-likeness (QED) is 0.743. The molecule has 0 aliphatic rings. The Morgan fingerprint density at radius 2 is 2.14 bits per heavy atom. The van der Waals surface area contributed by atoms with Gasteiger partial charge in [-0.2, -0.15) is 0 Å². The van der Waals surface area contributed by atoms with E-state index < -0.39 is 0 Å². The lowest BCUT2D eigenvalue weighted by Crippen LogP contribution is -2.08. The molecule has 0 saturated carbocycles. The van der Waals surface area contributed by atoms with Crippen molar-refractivity contribution in [3.05, 3.63) is 42.0 Å². The molecule has 0 aliphatic heterocycles. The maximum atomic E-state index is 5.85. The molecule has 1 atom stereocenters. The molecular formula is C12H17NO. The van der Waals surface area contributed by atoms with Gasteiger partial charge in [-0.05, 0) is 19.4 Å². The Balaban J connectivity index is 3.00. The highest BCUT2D eigenvalue weighted by atomic mass is 16.5. The molecule has 1 aromatic rings. The highest BCUT2D eigenvalue weighted by Gasteiger charge is 2.08. The fraction of sp³-hybridized carbons (Fsp3) is 0.333. The SMILES string of the molecule is C=C(OCC)c1ccccc1C(C)N. The minimum Gasteiger partial charge on any atom is -0.494 e. The highest BCUT2D eigenvalue weighted by Crippen LogP contribution is 2.22. The first-order valence-electron chi connectivity index (χ1n) is 4.83. The first-order valence-corrected chi connectivity index (χ1v) is 4.83. The lowest BCUT2D eigenvalue weighted by atomic mass is 10.0. The van der Waals surface area contributed by atoms with Crippen molar-refractivity contribution in [3.8, 4) is 0 Å². The third kappa shape index (κ3) is 2.36. The van der Waals surface area contributed by atoms with Crippen LogP contribution in [0.1, 0.15) is 31.0 Å². The third-order valence-corrected chi connectivity index (χ3v) is 2.07. The fourth-order valence-electron chi connectivity index (χ4n) is 1.40. The van der Waals surface area contributed by atoms with Gasteiger partial charge in [-0.1, -0.05) is 30.8 Å². The molecule has 0 radical (unpaired) electrons. The van der Waals surface area contributed by atoms with Gasteiger partial charge >= 0.3 is 0 Å². The molecule has 0 aliphatic carbocycles. The van der Waals surface area contributed by atoms with E-state index >= 15 is 0 Å². The molecule has 0 aromatic heterocycles. The second-order valence-corrected chi connectivity index (χ2v) is 3.23. The van der Waals surface area contributed by atoms with Crippen LogP contribution in [0, 0.1) is 0 Å². The van der Waals surface area contributed by atoms with Crippen molar-refractivity contribution in [2.24, 2.45) is 5.73 Å². The number of nitrogens with two attached hydrogens (primary N) is 1. The third-order valence-electron chi connectivity index (χ3n) is 2.07. The van der Waals surface area contributed by atoms with E-state index in [4.69, 9.17) is 10.5 Å². The summed E-state index contributed by atoms with van der Waals surface area (Å²) in [5.41, 5.74) is 7.93. The van der Waals surface area contributed by atoms with Gasteiger partial charge in [0.05, 0.1) is 6.61 Å². The number of hydrogen-bond donors (Lipinski definition) is 1. The van der Waals surface area contributed by atoms with E-state index in [1.807, 2.05) is 38.1 Å². The molecule has 0 saturated heterocycles. The number of rotatable bonds is 4. The van der Waals surface area contributed by atoms with E-state index in [0.717, 1.165) is 11.1 Å². The predicted molar refractivity (Wildman–Crippen MR) is 59.7 cm³/mol. The van der Waals surface area contributed by atoms with Gasteiger partial charge in [0.15, 0.2) is 0 Å². The van der Waals surface area contributed by atoms with Crippen LogP contribution in [-0.4, -0.2) is 6.61 Å². The van der Waals surface area contributed by atoms with Gasteiger partial charge < -0.3 is 10.5 Å². The average Bonchev–Trinajstić information content (AvgIpc) is 2.18. The molecule has 1 rings (SSSR count). The fourth-order valence-corrected chi connectivity index (χ4v) is 1.40. The summed E-state index contributed by atoms with van der Waals surface area (Å²) in [6.45, 7) is 8.41. The van der Waals surface area contributed by atoms with Crippen molar-refractivity contribution in [1.29, 1.82) is 0 Å².